The topological polar surface area (TPSA) is 38.9 Å². The lowest BCUT2D eigenvalue weighted by Crippen LogP contribution is -1.99. The van der Waals surface area contributed by atoms with E-state index in [9.17, 15) is 0 Å². The van der Waals surface area contributed by atoms with Gasteiger partial charge in [-0.3, -0.25) is 0 Å². The van der Waals surface area contributed by atoms with Crippen molar-refractivity contribution in [1.29, 1.82) is 0 Å². The molecule has 0 spiro atoms. The quantitative estimate of drug-likeness (QED) is 0.555. The van der Waals surface area contributed by atoms with Gasteiger partial charge >= 0.3 is 0 Å². The van der Waals surface area contributed by atoms with Crippen molar-refractivity contribution in [3.63, 3.8) is 0 Å². The van der Waals surface area contributed by atoms with Crippen molar-refractivity contribution in [2.45, 2.75) is 62.3 Å². The van der Waals surface area contributed by atoms with Gasteiger partial charge in [-0.1, -0.05) is 6.07 Å². The summed E-state index contributed by atoms with van der Waals surface area (Å²) >= 11 is 0. The Morgan fingerprint density at radius 1 is 0.500 bits per heavy atom. The third-order valence-electron chi connectivity index (χ3n) is 6.22. The van der Waals surface area contributed by atoms with Crippen LogP contribution in [0.3, 0.4) is 0 Å². The summed E-state index contributed by atoms with van der Waals surface area (Å²) in [6.45, 7) is 19.3. The zero-order chi connectivity index (χ0) is 19.3. The van der Waals surface area contributed by atoms with Crippen LogP contribution in [0.1, 0.15) is 50.1 Å². The summed E-state index contributed by atoms with van der Waals surface area (Å²) in [7, 11) is 0. The normalized spacial score (nSPS) is 11.3. The summed E-state index contributed by atoms with van der Waals surface area (Å²) in [5.74, 6) is 1.22. The smallest absolute Gasteiger partial charge is 0.248 e. The van der Waals surface area contributed by atoms with Crippen LogP contribution in [0.4, 0.5) is 0 Å². The van der Waals surface area contributed by atoms with E-state index in [0.29, 0.717) is 11.8 Å². The van der Waals surface area contributed by atoms with Crippen molar-refractivity contribution in [1.82, 2.24) is 10.2 Å². The molecule has 0 aliphatic heterocycles. The van der Waals surface area contributed by atoms with E-state index in [1.807, 2.05) is 0 Å². The molecule has 0 amide bonds. The largest absolute Gasteiger partial charge is 0.416 e. The molecule has 1 heterocycles. The van der Waals surface area contributed by atoms with Crippen LogP contribution >= 0.6 is 0 Å². The minimum atomic E-state index is 0.608. The van der Waals surface area contributed by atoms with E-state index in [1.54, 1.807) is 0 Å². The maximum absolute atomic E-state index is 6.22. The molecule has 0 bridgehead atoms. The average Bonchev–Trinajstić information content (AvgIpc) is 3.06. The number of aromatic nitrogens is 2. The fourth-order valence-corrected chi connectivity index (χ4v) is 3.78. The van der Waals surface area contributed by atoms with Crippen LogP contribution < -0.4 is 0 Å². The van der Waals surface area contributed by atoms with Crippen LogP contribution in [0.15, 0.2) is 10.5 Å². The molecule has 0 aliphatic carbocycles. The van der Waals surface area contributed by atoms with Crippen molar-refractivity contribution < 1.29 is 4.42 Å². The highest BCUT2D eigenvalue weighted by Crippen LogP contribution is 2.36. The summed E-state index contributed by atoms with van der Waals surface area (Å²) in [6.07, 6.45) is 0. The second-order valence-corrected chi connectivity index (χ2v) is 7.55. The highest BCUT2D eigenvalue weighted by molar-refractivity contribution is 5.71. The zero-order valence-corrected chi connectivity index (χ0v) is 17.4. The first-order valence-corrected chi connectivity index (χ1v) is 9.13. The lowest BCUT2D eigenvalue weighted by molar-refractivity contribution is 0.582. The third kappa shape index (κ3) is 2.66. The van der Waals surface area contributed by atoms with Gasteiger partial charge in [-0.05, 0) is 112 Å². The lowest BCUT2D eigenvalue weighted by Gasteiger charge is -2.16. The molecule has 3 aromatic rings. The van der Waals surface area contributed by atoms with Gasteiger partial charge in [0.1, 0.15) is 0 Å². The van der Waals surface area contributed by atoms with E-state index < -0.39 is 0 Å². The van der Waals surface area contributed by atoms with E-state index in [0.717, 1.165) is 11.1 Å². The Hall–Kier alpha value is -2.42. The maximum atomic E-state index is 6.22. The SMILES string of the molecule is Cc1cc(C)c(C)c(-c2nnc(-c3c(C)c(C)c(C)c(C)c3C)o2)c1C. The molecule has 0 saturated carbocycles. The van der Waals surface area contributed by atoms with E-state index in [1.165, 1.54) is 50.1 Å². The van der Waals surface area contributed by atoms with E-state index >= 15 is 0 Å². The van der Waals surface area contributed by atoms with Gasteiger partial charge in [0.25, 0.3) is 0 Å². The molecule has 136 valence electrons. The summed E-state index contributed by atoms with van der Waals surface area (Å²) in [5.41, 5.74) is 13.4. The van der Waals surface area contributed by atoms with Crippen LogP contribution in [0.2, 0.25) is 0 Å². The summed E-state index contributed by atoms with van der Waals surface area (Å²) in [6, 6.07) is 2.21. The fraction of sp³-hybridized carbons (Fsp3) is 0.391. The Morgan fingerprint density at radius 2 is 0.846 bits per heavy atom. The molecule has 0 aliphatic rings. The Morgan fingerprint density at radius 3 is 1.27 bits per heavy atom. The van der Waals surface area contributed by atoms with Crippen LogP contribution in [0.5, 0.6) is 0 Å². The van der Waals surface area contributed by atoms with Gasteiger partial charge in [0.15, 0.2) is 0 Å². The Labute approximate surface area is 156 Å². The monoisotopic (exact) mass is 348 g/mol. The number of hydrogen-bond donors (Lipinski definition) is 0. The van der Waals surface area contributed by atoms with Crippen LogP contribution in [-0.2, 0) is 0 Å². The second-order valence-electron chi connectivity index (χ2n) is 7.55. The van der Waals surface area contributed by atoms with Gasteiger partial charge in [-0.25, -0.2) is 0 Å². The molecule has 1 aromatic heterocycles. The van der Waals surface area contributed by atoms with Crippen molar-refractivity contribution >= 4 is 0 Å². The standard InChI is InChI=1S/C23H28N2O/c1-11-10-12(2)14(4)20(13(11)3)22-24-25-23(26-22)21-18(8)16(6)15(5)17(7)19(21)9/h10H,1-9H3. The molecule has 2 aromatic carbocycles. The molecular weight excluding hydrogens is 320 g/mol. The number of hydrogen-bond acceptors (Lipinski definition) is 3. The van der Waals surface area contributed by atoms with Gasteiger partial charge < -0.3 is 4.42 Å². The molecule has 0 radical (unpaired) electrons. The first-order chi connectivity index (χ1) is 12.1. The van der Waals surface area contributed by atoms with Crippen molar-refractivity contribution in [3.8, 4) is 22.9 Å². The molecule has 3 rings (SSSR count). The fourth-order valence-electron chi connectivity index (χ4n) is 3.78. The van der Waals surface area contributed by atoms with E-state index in [2.05, 4.69) is 78.6 Å². The first-order valence-electron chi connectivity index (χ1n) is 9.13. The number of aryl methyl sites for hydroxylation is 2. The van der Waals surface area contributed by atoms with Crippen LogP contribution in [-0.4, -0.2) is 10.2 Å². The van der Waals surface area contributed by atoms with Gasteiger partial charge in [-0.15, -0.1) is 10.2 Å². The summed E-state index contributed by atoms with van der Waals surface area (Å²) < 4.78 is 6.22. The molecule has 3 nitrogen and oxygen atoms in total. The zero-order valence-electron chi connectivity index (χ0n) is 17.4. The first kappa shape index (κ1) is 18.4. The molecule has 0 atom stereocenters. The van der Waals surface area contributed by atoms with Crippen molar-refractivity contribution in [2.75, 3.05) is 0 Å². The molecule has 0 saturated heterocycles. The molecule has 3 heteroatoms. The molecule has 26 heavy (non-hydrogen) atoms. The molecule has 0 fully saturated rings. The van der Waals surface area contributed by atoms with E-state index in [-0.39, 0.29) is 0 Å². The minimum absolute atomic E-state index is 0.608. The predicted octanol–water partition coefficient (Wildman–Crippen LogP) is 6.18. The van der Waals surface area contributed by atoms with Gasteiger partial charge in [0.2, 0.25) is 11.8 Å². The third-order valence-corrected chi connectivity index (χ3v) is 6.22. The number of benzene rings is 2. The van der Waals surface area contributed by atoms with Gasteiger partial charge in [-0.2, -0.15) is 0 Å². The number of rotatable bonds is 2. The van der Waals surface area contributed by atoms with Crippen LogP contribution in [0, 0.1) is 62.3 Å². The second kappa shape index (κ2) is 6.39. The van der Waals surface area contributed by atoms with Crippen molar-refractivity contribution in [2.24, 2.45) is 0 Å². The molecule has 0 unspecified atom stereocenters. The minimum Gasteiger partial charge on any atom is -0.416 e. The molecule has 0 N–H and O–H groups in total. The predicted molar refractivity (Wildman–Crippen MR) is 108 cm³/mol. The summed E-state index contributed by atoms with van der Waals surface area (Å²) in [5, 5.41) is 8.84. The maximum Gasteiger partial charge on any atom is 0.248 e. The average molecular weight is 348 g/mol. The summed E-state index contributed by atoms with van der Waals surface area (Å²) in [4.78, 5) is 0. The van der Waals surface area contributed by atoms with Gasteiger partial charge in [0, 0.05) is 11.1 Å². The van der Waals surface area contributed by atoms with E-state index in [4.69, 9.17) is 4.42 Å². The molecular formula is C23H28N2O. The lowest BCUT2D eigenvalue weighted by atomic mass is 9.89. The highest BCUT2D eigenvalue weighted by atomic mass is 16.4. The Balaban J connectivity index is 2.24. The number of nitrogens with zero attached hydrogens (tertiary/aromatic N) is 2. The van der Waals surface area contributed by atoms with Crippen molar-refractivity contribution in [3.05, 3.63) is 56.1 Å². The Bertz CT molecular complexity index is 970. The Kier molecular flexibility index (Phi) is 4.51. The van der Waals surface area contributed by atoms with Crippen LogP contribution in [0.25, 0.3) is 22.9 Å². The highest BCUT2D eigenvalue weighted by Gasteiger charge is 2.21. The van der Waals surface area contributed by atoms with Gasteiger partial charge in [0.05, 0.1) is 0 Å².